The predicted molar refractivity (Wildman–Crippen MR) is 102 cm³/mol. The van der Waals surface area contributed by atoms with Crippen molar-refractivity contribution in [3.63, 3.8) is 0 Å². The summed E-state index contributed by atoms with van der Waals surface area (Å²) in [6.07, 6.45) is 6.71. The van der Waals surface area contributed by atoms with Gasteiger partial charge in [0.2, 0.25) is 5.91 Å². The first-order valence-corrected chi connectivity index (χ1v) is 9.51. The van der Waals surface area contributed by atoms with Crippen LogP contribution in [0.4, 0.5) is 5.13 Å². The van der Waals surface area contributed by atoms with Crippen molar-refractivity contribution in [3.05, 3.63) is 53.3 Å². The van der Waals surface area contributed by atoms with Gasteiger partial charge in [-0.2, -0.15) is 0 Å². The quantitative estimate of drug-likeness (QED) is 0.688. The van der Waals surface area contributed by atoms with Crippen molar-refractivity contribution in [2.24, 2.45) is 5.92 Å². The molecule has 0 saturated heterocycles. The van der Waals surface area contributed by atoms with Gasteiger partial charge in [-0.15, -0.1) is 0 Å². The van der Waals surface area contributed by atoms with Crippen LogP contribution in [0.15, 0.2) is 36.7 Å². The summed E-state index contributed by atoms with van der Waals surface area (Å²) >= 11 is 1.61. The Morgan fingerprint density at radius 1 is 1.32 bits per heavy atom. The number of hydrogen-bond donors (Lipinski definition) is 0. The van der Waals surface area contributed by atoms with Gasteiger partial charge in [-0.05, 0) is 55.5 Å². The fourth-order valence-corrected chi connectivity index (χ4v) is 4.41. The zero-order chi connectivity index (χ0) is 17.4. The molecule has 0 unspecified atom stereocenters. The molecule has 1 fully saturated rings. The van der Waals surface area contributed by atoms with E-state index >= 15 is 0 Å². The summed E-state index contributed by atoms with van der Waals surface area (Å²) in [4.78, 5) is 23.9. The molecule has 0 bridgehead atoms. The molecule has 4 nitrogen and oxygen atoms in total. The zero-order valence-corrected chi connectivity index (χ0v) is 15.3. The highest BCUT2D eigenvalue weighted by Crippen LogP contribution is 2.36. The lowest BCUT2D eigenvalue weighted by Crippen LogP contribution is -2.38. The molecular weight excluding hydrogens is 330 g/mol. The molecule has 0 atom stereocenters. The van der Waals surface area contributed by atoms with E-state index in [2.05, 4.69) is 31.0 Å². The van der Waals surface area contributed by atoms with E-state index in [4.69, 9.17) is 4.98 Å². The van der Waals surface area contributed by atoms with Crippen LogP contribution in [0.1, 0.15) is 36.0 Å². The SMILES string of the molecule is Cc1cc(C)c2nc(N(Cc3cccnc3)C(=O)C3CCC3)sc2c1. The maximum atomic E-state index is 13.0. The second kappa shape index (κ2) is 6.56. The van der Waals surface area contributed by atoms with Crippen LogP contribution in [0.5, 0.6) is 0 Å². The second-order valence-corrected chi connectivity index (χ2v) is 7.85. The minimum atomic E-state index is 0.145. The fourth-order valence-electron chi connectivity index (χ4n) is 3.26. The van der Waals surface area contributed by atoms with Crippen LogP contribution in [0, 0.1) is 19.8 Å². The predicted octanol–water partition coefficient (Wildman–Crippen LogP) is 4.64. The third-order valence-corrected chi connectivity index (χ3v) is 5.86. The van der Waals surface area contributed by atoms with Crippen molar-refractivity contribution in [2.45, 2.75) is 39.7 Å². The number of nitrogens with zero attached hydrogens (tertiary/aromatic N) is 3. The highest BCUT2D eigenvalue weighted by molar-refractivity contribution is 7.22. The van der Waals surface area contributed by atoms with Gasteiger partial charge in [0.1, 0.15) is 0 Å². The number of hydrogen-bond acceptors (Lipinski definition) is 4. The summed E-state index contributed by atoms with van der Waals surface area (Å²) in [6.45, 7) is 4.71. The largest absolute Gasteiger partial charge is 0.283 e. The van der Waals surface area contributed by atoms with Crippen molar-refractivity contribution < 1.29 is 4.79 Å². The normalized spacial score (nSPS) is 14.5. The van der Waals surface area contributed by atoms with Crippen LogP contribution >= 0.6 is 11.3 Å². The second-order valence-electron chi connectivity index (χ2n) is 6.84. The molecule has 0 spiro atoms. The number of benzene rings is 1. The smallest absolute Gasteiger partial charge is 0.232 e. The molecule has 1 aliphatic rings. The molecule has 25 heavy (non-hydrogen) atoms. The van der Waals surface area contributed by atoms with E-state index in [9.17, 15) is 4.79 Å². The molecule has 2 aromatic heterocycles. The third-order valence-electron chi connectivity index (χ3n) is 4.83. The Labute approximate surface area is 151 Å². The molecule has 3 aromatic rings. The summed E-state index contributed by atoms with van der Waals surface area (Å²) in [5, 5.41) is 0.796. The summed E-state index contributed by atoms with van der Waals surface area (Å²) in [6, 6.07) is 8.22. The van der Waals surface area contributed by atoms with Crippen LogP contribution in [-0.4, -0.2) is 15.9 Å². The summed E-state index contributed by atoms with van der Waals surface area (Å²) in [5.74, 6) is 0.343. The van der Waals surface area contributed by atoms with E-state index in [0.29, 0.717) is 6.54 Å². The monoisotopic (exact) mass is 351 g/mol. The average molecular weight is 351 g/mol. The molecule has 1 saturated carbocycles. The Morgan fingerprint density at radius 3 is 2.84 bits per heavy atom. The number of thiazole rings is 1. The highest BCUT2D eigenvalue weighted by Gasteiger charge is 2.31. The van der Waals surface area contributed by atoms with Crippen molar-refractivity contribution >= 4 is 32.6 Å². The number of rotatable bonds is 4. The lowest BCUT2D eigenvalue weighted by atomic mass is 9.84. The topological polar surface area (TPSA) is 46.1 Å². The van der Waals surface area contributed by atoms with Crippen LogP contribution in [0.2, 0.25) is 0 Å². The third kappa shape index (κ3) is 3.16. The molecule has 2 heterocycles. The summed E-state index contributed by atoms with van der Waals surface area (Å²) in [7, 11) is 0. The van der Waals surface area contributed by atoms with E-state index in [1.165, 1.54) is 5.56 Å². The number of carbonyl (C=O) groups is 1. The van der Waals surface area contributed by atoms with Gasteiger partial charge in [0.05, 0.1) is 16.8 Å². The molecular formula is C20H21N3OS. The Kier molecular flexibility index (Phi) is 4.25. The molecule has 1 aliphatic carbocycles. The number of anilines is 1. The minimum Gasteiger partial charge on any atom is -0.283 e. The molecule has 4 rings (SSSR count). The van der Waals surface area contributed by atoms with E-state index in [0.717, 1.165) is 45.7 Å². The summed E-state index contributed by atoms with van der Waals surface area (Å²) < 4.78 is 1.14. The van der Waals surface area contributed by atoms with Gasteiger partial charge in [-0.3, -0.25) is 14.7 Å². The maximum absolute atomic E-state index is 13.0. The standard InChI is InChI=1S/C20H21N3OS/c1-13-9-14(2)18-17(10-13)25-20(22-18)23(19(24)16-6-3-7-16)12-15-5-4-8-21-11-15/h4-5,8-11,16H,3,6-7,12H2,1-2H3. The molecule has 128 valence electrons. The maximum Gasteiger partial charge on any atom is 0.232 e. The molecule has 1 amide bonds. The first-order chi connectivity index (χ1) is 12.1. The number of amides is 1. The van der Waals surface area contributed by atoms with Crippen LogP contribution in [-0.2, 0) is 11.3 Å². The first-order valence-electron chi connectivity index (χ1n) is 8.70. The van der Waals surface area contributed by atoms with Gasteiger partial charge >= 0.3 is 0 Å². The molecule has 5 heteroatoms. The number of carbonyl (C=O) groups excluding carboxylic acids is 1. The van der Waals surface area contributed by atoms with Gasteiger partial charge in [-0.25, -0.2) is 4.98 Å². The minimum absolute atomic E-state index is 0.145. The van der Waals surface area contributed by atoms with Crippen LogP contribution in [0.3, 0.4) is 0 Å². The van der Waals surface area contributed by atoms with Gasteiger partial charge in [0, 0.05) is 18.3 Å². The Bertz CT molecular complexity index is 915. The van der Waals surface area contributed by atoms with Crippen molar-refractivity contribution in [3.8, 4) is 0 Å². The fraction of sp³-hybridized carbons (Fsp3) is 0.350. The first kappa shape index (κ1) is 16.2. The van der Waals surface area contributed by atoms with E-state index < -0.39 is 0 Å². The van der Waals surface area contributed by atoms with E-state index in [1.54, 1.807) is 17.5 Å². The number of aromatic nitrogens is 2. The summed E-state index contributed by atoms with van der Waals surface area (Å²) in [5.41, 5.74) is 4.42. The molecule has 1 aromatic carbocycles. The Hall–Kier alpha value is -2.27. The lowest BCUT2D eigenvalue weighted by molar-refractivity contribution is -0.124. The number of aryl methyl sites for hydroxylation is 2. The molecule has 0 N–H and O–H groups in total. The van der Waals surface area contributed by atoms with E-state index in [1.807, 2.05) is 23.2 Å². The average Bonchev–Trinajstić information content (AvgIpc) is 2.95. The highest BCUT2D eigenvalue weighted by atomic mass is 32.1. The van der Waals surface area contributed by atoms with Crippen molar-refractivity contribution in [2.75, 3.05) is 4.90 Å². The van der Waals surface area contributed by atoms with Crippen LogP contribution in [0.25, 0.3) is 10.2 Å². The van der Waals surface area contributed by atoms with Gasteiger partial charge in [0.25, 0.3) is 0 Å². The Morgan fingerprint density at radius 2 is 2.16 bits per heavy atom. The van der Waals surface area contributed by atoms with Gasteiger partial charge < -0.3 is 0 Å². The lowest BCUT2D eigenvalue weighted by Gasteiger charge is -2.30. The zero-order valence-electron chi connectivity index (χ0n) is 14.5. The molecule has 0 radical (unpaired) electrons. The Balaban J connectivity index is 1.74. The van der Waals surface area contributed by atoms with Crippen molar-refractivity contribution in [1.29, 1.82) is 0 Å². The molecule has 0 aliphatic heterocycles. The van der Waals surface area contributed by atoms with Crippen molar-refractivity contribution in [1.82, 2.24) is 9.97 Å². The van der Waals surface area contributed by atoms with Gasteiger partial charge in [0.15, 0.2) is 5.13 Å². The number of fused-ring (bicyclic) bond motifs is 1. The van der Waals surface area contributed by atoms with E-state index in [-0.39, 0.29) is 11.8 Å². The number of pyridine rings is 1. The van der Waals surface area contributed by atoms with Gasteiger partial charge in [-0.1, -0.05) is 29.9 Å². The van der Waals surface area contributed by atoms with Crippen LogP contribution < -0.4 is 4.90 Å².